The molecule has 0 bridgehead atoms. The van der Waals surface area contributed by atoms with Crippen LogP contribution in [0.25, 0.3) is 0 Å². The summed E-state index contributed by atoms with van der Waals surface area (Å²) in [6.45, 7) is 14.4. The van der Waals surface area contributed by atoms with E-state index in [9.17, 15) is 0 Å². The molecular formula is C20H27N. The maximum absolute atomic E-state index is 3.86. The predicted molar refractivity (Wildman–Crippen MR) is 95.5 cm³/mol. The van der Waals surface area contributed by atoms with Gasteiger partial charge in [-0.3, -0.25) is 0 Å². The molecule has 21 heavy (non-hydrogen) atoms. The molecule has 0 amide bonds. The summed E-state index contributed by atoms with van der Waals surface area (Å²) >= 11 is 0. The standard InChI is InChI=1S/C20H27N/c1-6-10-15-18(14-7-2)21(20(5,8-3)9-4)19-16-12-11-13-17-19/h6-7,10-17H,1-2,8-9H2,3-5H3/b15-10-,18-14+. The highest BCUT2D eigenvalue weighted by atomic mass is 15.2. The zero-order valence-electron chi connectivity index (χ0n) is 13.5. The SMILES string of the molecule is C=C/C=C\C(=C/C=C)N(c1ccccc1)C(C)(CC)CC. The Morgan fingerprint density at radius 1 is 1.10 bits per heavy atom. The highest BCUT2D eigenvalue weighted by molar-refractivity contribution is 5.58. The number of rotatable bonds is 8. The summed E-state index contributed by atoms with van der Waals surface area (Å²) in [7, 11) is 0. The zero-order valence-corrected chi connectivity index (χ0v) is 13.5. The molecule has 1 aromatic carbocycles. The molecular weight excluding hydrogens is 254 g/mol. The Hall–Kier alpha value is -2.02. The Morgan fingerprint density at radius 2 is 1.71 bits per heavy atom. The number of para-hydroxylation sites is 1. The summed E-state index contributed by atoms with van der Waals surface area (Å²) in [5, 5.41) is 0. The lowest BCUT2D eigenvalue weighted by Crippen LogP contribution is -2.44. The Bertz CT molecular complexity index is 504. The van der Waals surface area contributed by atoms with Crippen molar-refractivity contribution in [1.82, 2.24) is 0 Å². The van der Waals surface area contributed by atoms with E-state index in [-0.39, 0.29) is 5.54 Å². The average molecular weight is 281 g/mol. The van der Waals surface area contributed by atoms with Gasteiger partial charge in [-0.15, -0.1) is 0 Å². The minimum absolute atomic E-state index is 0.0572. The monoisotopic (exact) mass is 281 g/mol. The second-order valence-corrected chi connectivity index (χ2v) is 5.30. The van der Waals surface area contributed by atoms with Crippen LogP contribution in [0.3, 0.4) is 0 Å². The van der Waals surface area contributed by atoms with Crippen LogP contribution in [-0.2, 0) is 0 Å². The minimum atomic E-state index is 0.0572. The number of hydrogen-bond donors (Lipinski definition) is 0. The molecule has 0 unspecified atom stereocenters. The molecule has 0 saturated heterocycles. The summed E-state index contributed by atoms with van der Waals surface area (Å²) in [6, 6.07) is 10.5. The molecule has 0 fully saturated rings. The van der Waals surface area contributed by atoms with Crippen LogP contribution >= 0.6 is 0 Å². The van der Waals surface area contributed by atoms with Crippen molar-refractivity contribution in [2.45, 2.75) is 39.2 Å². The van der Waals surface area contributed by atoms with Gasteiger partial charge in [0.05, 0.1) is 0 Å². The lowest BCUT2D eigenvalue weighted by atomic mass is 9.91. The van der Waals surface area contributed by atoms with Crippen LogP contribution in [0, 0.1) is 0 Å². The van der Waals surface area contributed by atoms with Crippen molar-refractivity contribution >= 4 is 5.69 Å². The molecule has 0 aliphatic carbocycles. The van der Waals surface area contributed by atoms with Gasteiger partial charge >= 0.3 is 0 Å². The lowest BCUT2D eigenvalue weighted by Gasteiger charge is -2.43. The van der Waals surface area contributed by atoms with E-state index in [0.29, 0.717) is 0 Å². The summed E-state index contributed by atoms with van der Waals surface area (Å²) in [5.41, 5.74) is 2.38. The smallest absolute Gasteiger partial charge is 0.0418 e. The normalized spacial score (nSPS) is 12.4. The molecule has 0 atom stereocenters. The molecule has 0 spiro atoms. The van der Waals surface area contributed by atoms with Crippen molar-refractivity contribution in [3.05, 3.63) is 79.6 Å². The average Bonchev–Trinajstić information content (AvgIpc) is 2.53. The molecule has 0 aromatic heterocycles. The molecule has 0 heterocycles. The van der Waals surface area contributed by atoms with E-state index in [0.717, 1.165) is 18.5 Å². The Labute approximate surface area is 130 Å². The van der Waals surface area contributed by atoms with E-state index >= 15 is 0 Å². The first-order valence-corrected chi connectivity index (χ1v) is 7.60. The number of allylic oxidation sites excluding steroid dienone is 5. The summed E-state index contributed by atoms with van der Waals surface area (Å²) in [4.78, 5) is 2.40. The van der Waals surface area contributed by atoms with Crippen LogP contribution in [0.15, 0.2) is 79.6 Å². The third-order valence-electron chi connectivity index (χ3n) is 4.03. The van der Waals surface area contributed by atoms with Gasteiger partial charge in [0.1, 0.15) is 0 Å². The molecule has 112 valence electrons. The van der Waals surface area contributed by atoms with Gasteiger partial charge in [0.15, 0.2) is 0 Å². The third-order valence-corrected chi connectivity index (χ3v) is 4.03. The van der Waals surface area contributed by atoms with Crippen molar-refractivity contribution in [3.63, 3.8) is 0 Å². The van der Waals surface area contributed by atoms with Crippen LogP contribution in [0.2, 0.25) is 0 Å². The number of hydrogen-bond acceptors (Lipinski definition) is 1. The van der Waals surface area contributed by atoms with Crippen LogP contribution in [0.1, 0.15) is 33.6 Å². The number of nitrogens with zero attached hydrogens (tertiary/aromatic N) is 1. The molecule has 0 saturated carbocycles. The summed E-state index contributed by atoms with van der Waals surface area (Å²) in [5.74, 6) is 0. The van der Waals surface area contributed by atoms with Gasteiger partial charge in [0, 0.05) is 16.9 Å². The first-order chi connectivity index (χ1) is 10.1. The van der Waals surface area contributed by atoms with Gasteiger partial charge in [-0.1, -0.05) is 63.4 Å². The molecule has 0 aliphatic heterocycles. The van der Waals surface area contributed by atoms with Crippen LogP contribution in [-0.4, -0.2) is 5.54 Å². The van der Waals surface area contributed by atoms with E-state index in [1.54, 1.807) is 6.08 Å². The fraction of sp³-hybridized carbons (Fsp3) is 0.300. The van der Waals surface area contributed by atoms with Gasteiger partial charge in [-0.05, 0) is 44.1 Å². The molecule has 0 radical (unpaired) electrons. The summed E-state index contributed by atoms with van der Waals surface area (Å²) in [6.07, 6.45) is 11.9. The quantitative estimate of drug-likeness (QED) is 0.537. The topological polar surface area (TPSA) is 3.24 Å². The fourth-order valence-corrected chi connectivity index (χ4v) is 2.41. The largest absolute Gasteiger partial charge is 0.336 e. The van der Waals surface area contributed by atoms with Crippen molar-refractivity contribution in [2.24, 2.45) is 0 Å². The van der Waals surface area contributed by atoms with Crippen molar-refractivity contribution in [1.29, 1.82) is 0 Å². The number of anilines is 1. The summed E-state index contributed by atoms with van der Waals surface area (Å²) < 4.78 is 0. The zero-order chi connectivity index (χ0) is 15.7. The maximum Gasteiger partial charge on any atom is 0.0418 e. The Morgan fingerprint density at radius 3 is 2.19 bits per heavy atom. The van der Waals surface area contributed by atoms with Crippen molar-refractivity contribution in [2.75, 3.05) is 4.90 Å². The highest BCUT2D eigenvalue weighted by Crippen LogP contribution is 2.33. The number of benzene rings is 1. The second-order valence-electron chi connectivity index (χ2n) is 5.30. The molecule has 0 N–H and O–H groups in total. The van der Waals surface area contributed by atoms with E-state index in [4.69, 9.17) is 0 Å². The van der Waals surface area contributed by atoms with Gasteiger partial charge in [0.25, 0.3) is 0 Å². The van der Waals surface area contributed by atoms with Crippen molar-refractivity contribution < 1.29 is 0 Å². The molecule has 1 rings (SSSR count). The Balaban J connectivity index is 3.43. The van der Waals surface area contributed by atoms with Crippen LogP contribution in [0.5, 0.6) is 0 Å². The fourth-order valence-electron chi connectivity index (χ4n) is 2.41. The van der Waals surface area contributed by atoms with E-state index in [1.807, 2.05) is 18.2 Å². The van der Waals surface area contributed by atoms with Crippen molar-refractivity contribution in [3.8, 4) is 0 Å². The second kappa shape index (κ2) is 8.31. The molecule has 0 aliphatic rings. The van der Waals surface area contributed by atoms with E-state index in [1.165, 1.54) is 5.69 Å². The van der Waals surface area contributed by atoms with Gasteiger partial charge in [-0.25, -0.2) is 0 Å². The Kier molecular flexibility index (Phi) is 6.74. The minimum Gasteiger partial charge on any atom is -0.336 e. The van der Waals surface area contributed by atoms with Gasteiger partial charge in [-0.2, -0.15) is 0 Å². The third kappa shape index (κ3) is 4.22. The van der Waals surface area contributed by atoms with E-state index in [2.05, 4.69) is 75.2 Å². The lowest BCUT2D eigenvalue weighted by molar-refractivity contribution is 0.418. The molecule has 1 nitrogen and oxygen atoms in total. The molecule has 1 heteroatoms. The maximum atomic E-state index is 3.86. The predicted octanol–water partition coefficient (Wildman–Crippen LogP) is 5.88. The first-order valence-electron chi connectivity index (χ1n) is 7.60. The van der Waals surface area contributed by atoms with Crippen LogP contribution < -0.4 is 4.90 Å². The van der Waals surface area contributed by atoms with Gasteiger partial charge in [0.2, 0.25) is 0 Å². The highest BCUT2D eigenvalue weighted by Gasteiger charge is 2.30. The van der Waals surface area contributed by atoms with Gasteiger partial charge < -0.3 is 4.90 Å². The van der Waals surface area contributed by atoms with E-state index < -0.39 is 0 Å². The molecule has 1 aromatic rings. The first kappa shape index (κ1) is 17.0. The van der Waals surface area contributed by atoms with Crippen LogP contribution in [0.4, 0.5) is 5.69 Å².